The maximum Gasteiger partial charge on any atom is 0.258 e. The topological polar surface area (TPSA) is 90.7 Å². The van der Waals surface area contributed by atoms with Crippen LogP contribution >= 0.6 is 23.2 Å². The number of aryl methyl sites for hydroxylation is 2. The Kier molecular flexibility index (Phi) is 6.66. The Hall–Kier alpha value is -3.10. The summed E-state index contributed by atoms with van der Waals surface area (Å²) in [5, 5.41) is 7.56. The number of hydrogen-bond acceptors (Lipinski definition) is 6. The number of carbonyl (C=O) groups excluding carboxylic acids is 2. The van der Waals surface area contributed by atoms with Crippen molar-refractivity contribution in [3.05, 3.63) is 63.7 Å². The van der Waals surface area contributed by atoms with Crippen molar-refractivity contribution in [1.29, 1.82) is 0 Å². The zero-order valence-corrected chi connectivity index (χ0v) is 21.8. The van der Waals surface area contributed by atoms with Gasteiger partial charge in [0.05, 0.1) is 10.7 Å². The zero-order valence-electron chi connectivity index (χ0n) is 20.3. The van der Waals surface area contributed by atoms with Crippen LogP contribution in [-0.4, -0.2) is 35.6 Å². The third-order valence-electron chi connectivity index (χ3n) is 7.02. The number of hydrogen-bond donors (Lipinski definition) is 1. The Morgan fingerprint density at radius 1 is 1.03 bits per heavy atom. The molecule has 2 aromatic carbocycles. The molecule has 0 radical (unpaired) electrons. The van der Waals surface area contributed by atoms with Gasteiger partial charge in [-0.3, -0.25) is 9.59 Å². The van der Waals surface area contributed by atoms with E-state index >= 15 is 0 Å². The van der Waals surface area contributed by atoms with Crippen molar-refractivity contribution in [3.63, 3.8) is 0 Å². The molecule has 1 amide bonds. The van der Waals surface area contributed by atoms with Crippen LogP contribution in [0, 0.1) is 25.1 Å². The van der Waals surface area contributed by atoms with Crippen LogP contribution in [0.1, 0.15) is 37.1 Å². The van der Waals surface area contributed by atoms with E-state index in [1.54, 1.807) is 18.2 Å². The van der Waals surface area contributed by atoms with E-state index in [0.29, 0.717) is 23.0 Å². The van der Waals surface area contributed by atoms with Gasteiger partial charge in [0.25, 0.3) is 5.91 Å². The lowest BCUT2D eigenvalue weighted by atomic mass is 9.38. The first-order valence-corrected chi connectivity index (χ1v) is 12.6. The van der Waals surface area contributed by atoms with Crippen LogP contribution in [0.4, 0.5) is 4.39 Å². The predicted molar refractivity (Wildman–Crippen MR) is 136 cm³/mol. The summed E-state index contributed by atoms with van der Waals surface area (Å²) in [7, 11) is 0. The highest BCUT2D eigenvalue weighted by atomic mass is 35.5. The van der Waals surface area contributed by atoms with E-state index in [4.69, 9.17) is 37.2 Å². The van der Waals surface area contributed by atoms with Crippen LogP contribution in [-0.2, 0) is 9.59 Å². The number of halogens is 3. The molecule has 0 spiro atoms. The van der Waals surface area contributed by atoms with Gasteiger partial charge in [0.2, 0.25) is 0 Å². The normalized spacial score (nSPS) is 21.5. The summed E-state index contributed by atoms with van der Waals surface area (Å²) < 4.78 is 29.9. The average Bonchev–Trinajstić information content (AvgIpc) is 3.14. The highest BCUT2D eigenvalue weighted by Crippen LogP contribution is 2.69. The number of carbonyl (C=O) groups is 2. The van der Waals surface area contributed by atoms with Crippen LogP contribution in [0.3, 0.4) is 0 Å². The molecular formula is C27H25Cl2FN2O5. The standard InChI is InChI=1S/C27H25Cl2FN2O5/c1-15-25(16(2)37-32-15)20-7-18(3-5-21(20)28)36-11-24(34)31-27-12-26(13-27,14-27)9-17(33)10-35-19-4-6-22(29)23(30)8-19/h3-8H,9-14H2,1-2H3,(H,31,34). The molecule has 0 unspecified atom stereocenters. The number of Topliss-reactive ketones (excluding diaryl/α,β-unsaturated/α-hetero) is 1. The minimum Gasteiger partial charge on any atom is -0.486 e. The van der Waals surface area contributed by atoms with Crippen LogP contribution in [0.15, 0.2) is 40.9 Å². The fraction of sp³-hybridized carbons (Fsp3) is 0.370. The molecule has 1 heterocycles. The monoisotopic (exact) mass is 546 g/mol. The molecular weight excluding hydrogens is 522 g/mol. The molecule has 194 valence electrons. The summed E-state index contributed by atoms with van der Waals surface area (Å²) in [6.07, 6.45) is 2.59. The SMILES string of the molecule is Cc1noc(C)c1-c1cc(OCC(=O)NC23CC(CC(=O)COc4ccc(Cl)c(F)c4)(C2)C3)ccc1Cl. The van der Waals surface area contributed by atoms with Gasteiger partial charge < -0.3 is 19.3 Å². The van der Waals surface area contributed by atoms with Gasteiger partial charge in [0, 0.05) is 34.2 Å². The molecule has 3 aliphatic rings. The Balaban J connectivity index is 1.07. The number of nitrogens with one attached hydrogen (secondary N) is 1. The second kappa shape index (κ2) is 9.65. The molecule has 37 heavy (non-hydrogen) atoms. The predicted octanol–water partition coefficient (Wildman–Crippen LogP) is 5.86. The van der Waals surface area contributed by atoms with Crippen molar-refractivity contribution >= 4 is 34.9 Å². The second-order valence-electron chi connectivity index (χ2n) is 10.1. The summed E-state index contributed by atoms with van der Waals surface area (Å²) in [5.41, 5.74) is 1.88. The van der Waals surface area contributed by atoms with E-state index in [-0.39, 0.29) is 46.6 Å². The van der Waals surface area contributed by atoms with Gasteiger partial charge in [-0.15, -0.1) is 0 Å². The van der Waals surface area contributed by atoms with Crippen molar-refractivity contribution in [2.75, 3.05) is 13.2 Å². The molecule has 0 saturated heterocycles. The fourth-order valence-electron chi connectivity index (χ4n) is 5.65. The summed E-state index contributed by atoms with van der Waals surface area (Å²) >= 11 is 12.0. The molecule has 3 fully saturated rings. The van der Waals surface area contributed by atoms with Gasteiger partial charge >= 0.3 is 0 Å². The number of amides is 1. The molecule has 3 aliphatic carbocycles. The lowest BCUT2D eigenvalue weighted by molar-refractivity contribution is -0.173. The molecule has 0 atom stereocenters. The van der Waals surface area contributed by atoms with Gasteiger partial charge in [-0.2, -0.15) is 0 Å². The first-order chi connectivity index (χ1) is 17.6. The lowest BCUT2D eigenvalue weighted by Gasteiger charge is -2.70. The molecule has 1 N–H and O–H groups in total. The quantitative estimate of drug-likeness (QED) is 0.342. The van der Waals surface area contributed by atoms with E-state index in [9.17, 15) is 14.0 Å². The van der Waals surface area contributed by atoms with Crippen molar-refractivity contribution in [3.8, 4) is 22.6 Å². The molecule has 7 nitrogen and oxygen atoms in total. The van der Waals surface area contributed by atoms with Crippen molar-refractivity contribution in [2.45, 2.75) is 45.1 Å². The smallest absolute Gasteiger partial charge is 0.258 e. The third-order valence-corrected chi connectivity index (χ3v) is 7.65. The molecule has 10 heteroatoms. The van der Waals surface area contributed by atoms with E-state index in [1.165, 1.54) is 12.1 Å². The summed E-state index contributed by atoms with van der Waals surface area (Å²) in [5.74, 6) is 0.544. The highest BCUT2D eigenvalue weighted by molar-refractivity contribution is 6.33. The Bertz CT molecular complexity index is 1350. The van der Waals surface area contributed by atoms with Crippen molar-refractivity contribution in [2.24, 2.45) is 5.41 Å². The number of ketones is 1. The molecule has 2 bridgehead atoms. The third kappa shape index (κ3) is 5.18. The van der Waals surface area contributed by atoms with E-state index in [2.05, 4.69) is 10.5 Å². The maximum absolute atomic E-state index is 13.5. The van der Waals surface area contributed by atoms with Gasteiger partial charge in [-0.25, -0.2) is 4.39 Å². The Labute approximate surface area is 223 Å². The largest absolute Gasteiger partial charge is 0.486 e. The average molecular weight is 547 g/mol. The minimum atomic E-state index is -0.593. The molecule has 6 rings (SSSR count). The van der Waals surface area contributed by atoms with Gasteiger partial charge in [0.1, 0.15) is 29.7 Å². The van der Waals surface area contributed by atoms with E-state index < -0.39 is 5.82 Å². The minimum absolute atomic E-state index is 0.000164. The van der Waals surface area contributed by atoms with Crippen LogP contribution < -0.4 is 14.8 Å². The van der Waals surface area contributed by atoms with Gasteiger partial charge in [-0.05, 0) is 68.9 Å². The first kappa shape index (κ1) is 25.5. The summed E-state index contributed by atoms with van der Waals surface area (Å²) in [6.45, 7) is 3.38. The van der Waals surface area contributed by atoms with E-state index in [0.717, 1.165) is 42.1 Å². The maximum atomic E-state index is 13.5. The number of nitrogens with zero attached hydrogens (tertiary/aromatic N) is 1. The molecule has 3 aromatic rings. The van der Waals surface area contributed by atoms with Crippen molar-refractivity contribution < 1.29 is 28.0 Å². The fourth-order valence-corrected chi connectivity index (χ4v) is 5.98. The van der Waals surface area contributed by atoms with Crippen LogP contribution in [0.25, 0.3) is 11.1 Å². The summed E-state index contributed by atoms with van der Waals surface area (Å²) in [6, 6.07) is 9.26. The number of benzene rings is 2. The lowest BCUT2D eigenvalue weighted by Crippen LogP contribution is -2.75. The zero-order chi connectivity index (χ0) is 26.4. The van der Waals surface area contributed by atoms with Crippen LogP contribution in [0.5, 0.6) is 11.5 Å². The number of aromatic nitrogens is 1. The molecule has 3 saturated carbocycles. The molecule has 0 aliphatic heterocycles. The Morgan fingerprint density at radius 2 is 1.68 bits per heavy atom. The number of rotatable bonds is 10. The van der Waals surface area contributed by atoms with Crippen LogP contribution in [0.2, 0.25) is 10.0 Å². The first-order valence-electron chi connectivity index (χ1n) is 11.8. The van der Waals surface area contributed by atoms with Gasteiger partial charge in [0.15, 0.2) is 12.4 Å². The van der Waals surface area contributed by atoms with E-state index in [1.807, 2.05) is 13.8 Å². The Morgan fingerprint density at radius 3 is 2.32 bits per heavy atom. The second-order valence-corrected chi connectivity index (χ2v) is 10.9. The number of ether oxygens (including phenoxy) is 2. The summed E-state index contributed by atoms with van der Waals surface area (Å²) in [4.78, 5) is 25.0. The highest BCUT2D eigenvalue weighted by Gasteiger charge is 2.68. The molecule has 1 aromatic heterocycles. The van der Waals surface area contributed by atoms with Crippen molar-refractivity contribution in [1.82, 2.24) is 10.5 Å². The van der Waals surface area contributed by atoms with Gasteiger partial charge in [-0.1, -0.05) is 28.4 Å².